The SMILES string of the molecule is CCC(CO)OC(CO)OC.CCC(CO)OC(COC(=O)CCCC(=O)NC(C)C(=O)OCCCCC(=O)[C@]1(O)C2N(C)c3cc(C)c([C@@]4(C)C[C@@H]5CN(CCc6c4[nH]c4ccccc64)CC(O)(CC)C5)cc3C23CCN2CC=C[C@](CC)(C23)[C@H]1O)OC.CCC(CO)OC(COC(=O)CCCC(=O)NCCN1C(=O)CC(C)C1=O)OC.CCC(CO)OC(COC(=O)CCCC(=O)O)OC.O=C=O. The summed E-state index contributed by atoms with van der Waals surface area (Å²) in [5, 5.41) is 98.2. The molecule has 7 heterocycles. The molecule has 4 amide bonds. The van der Waals surface area contributed by atoms with Crippen LogP contribution >= 0.6 is 0 Å². The van der Waals surface area contributed by atoms with E-state index in [2.05, 4.69) is 107 Å². The molecule has 40 heteroatoms. The number of esters is 4. The number of aliphatic hydroxyl groups is 8. The van der Waals surface area contributed by atoms with Crippen LogP contribution < -0.4 is 15.5 Å². The molecule has 15 unspecified atom stereocenters. The normalized spacial score (nSPS) is 25.0. The fraction of sp³-hybridized carbons (Fsp3) is 0.730. The van der Waals surface area contributed by atoms with Gasteiger partial charge in [0.15, 0.2) is 36.5 Å². The number of anilines is 1. The minimum Gasteiger partial charge on any atom is -0.481 e. The number of aliphatic hydroxyl groups excluding tert-OH is 6. The van der Waals surface area contributed by atoms with E-state index >= 15 is 4.79 Å². The van der Waals surface area contributed by atoms with Crippen molar-refractivity contribution in [2.75, 3.05) is 146 Å². The molecule has 790 valence electrons. The molecule has 12 N–H and O–H groups in total. The van der Waals surface area contributed by atoms with E-state index in [9.17, 15) is 63.6 Å². The van der Waals surface area contributed by atoms with Crippen LogP contribution in [0.15, 0.2) is 48.6 Å². The average molecular weight is 1990 g/mol. The summed E-state index contributed by atoms with van der Waals surface area (Å²) in [6.07, 6.45) is 6.98. The Balaban J connectivity index is 0.000000391. The number of nitrogens with one attached hydrogen (secondary N) is 3. The number of para-hydroxylation sites is 1. The Bertz CT molecular complexity index is 4460. The number of carbonyl (C=O) groups is 10. The number of likely N-dealkylation sites (tertiary alicyclic amines) is 1. The minimum atomic E-state index is -2.17. The van der Waals surface area contributed by atoms with Crippen molar-refractivity contribution < 1.29 is 160 Å². The van der Waals surface area contributed by atoms with Crippen molar-refractivity contribution in [3.8, 4) is 0 Å². The Morgan fingerprint density at radius 1 is 0.636 bits per heavy atom. The number of ketones is 1. The highest BCUT2D eigenvalue weighted by Crippen LogP contribution is 2.67. The first-order chi connectivity index (χ1) is 66.8. The first kappa shape index (κ1) is 120. The van der Waals surface area contributed by atoms with Crippen LogP contribution in [0.5, 0.6) is 0 Å². The second-order valence-corrected chi connectivity index (χ2v) is 37.2. The molecule has 1 aliphatic carbocycles. The fourth-order valence-corrected chi connectivity index (χ4v) is 20.3. The first-order valence-electron chi connectivity index (χ1n) is 49.1. The van der Waals surface area contributed by atoms with Gasteiger partial charge in [-0.2, -0.15) is 9.59 Å². The van der Waals surface area contributed by atoms with Gasteiger partial charge < -0.3 is 123 Å². The Morgan fingerprint density at radius 3 is 1.66 bits per heavy atom. The highest BCUT2D eigenvalue weighted by molar-refractivity contribution is 6.03. The number of aliphatic carboxylic acids is 1. The van der Waals surface area contributed by atoms with Crippen molar-refractivity contribution in [1.29, 1.82) is 0 Å². The van der Waals surface area contributed by atoms with Crippen LogP contribution in [-0.4, -0.2) is 357 Å². The van der Waals surface area contributed by atoms with Gasteiger partial charge in [-0.05, 0) is 164 Å². The number of imide groups is 1. The molecule has 3 aromatic rings. The van der Waals surface area contributed by atoms with Crippen LogP contribution in [0.4, 0.5) is 5.69 Å². The van der Waals surface area contributed by atoms with Crippen LogP contribution in [0.25, 0.3) is 10.9 Å². The summed E-state index contributed by atoms with van der Waals surface area (Å²) < 4.78 is 62.2. The molecule has 4 fully saturated rings. The molecule has 1 aromatic heterocycles. The summed E-state index contributed by atoms with van der Waals surface area (Å²) in [6.45, 7) is 22.6. The number of fused-ring (bicyclic) bond motifs is 6. The van der Waals surface area contributed by atoms with E-state index in [0.717, 1.165) is 66.1 Å². The number of hydrogen-bond acceptors (Lipinski definition) is 35. The van der Waals surface area contributed by atoms with Crippen LogP contribution in [0.1, 0.15) is 232 Å². The summed E-state index contributed by atoms with van der Waals surface area (Å²) in [6, 6.07) is 11.4. The number of ether oxygens (including phenoxy) is 12. The molecule has 140 heavy (non-hydrogen) atoms. The number of carboxylic acid groups (broad SMARTS) is 1. The van der Waals surface area contributed by atoms with E-state index in [1.54, 1.807) is 6.92 Å². The van der Waals surface area contributed by atoms with Gasteiger partial charge in [-0.3, -0.25) is 57.9 Å². The van der Waals surface area contributed by atoms with Gasteiger partial charge in [0.2, 0.25) is 23.6 Å². The number of aromatic nitrogens is 1. The van der Waals surface area contributed by atoms with Crippen LogP contribution in [0, 0.1) is 24.2 Å². The lowest BCUT2D eigenvalue weighted by Gasteiger charge is -2.63. The van der Waals surface area contributed by atoms with Gasteiger partial charge in [-0.15, -0.1) is 0 Å². The number of H-pyrrole nitrogens is 1. The number of piperidine rings is 1. The monoisotopic (exact) mass is 1980 g/mol. The zero-order valence-electron chi connectivity index (χ0n) is 84.4. The van der Waals surface area contributed by atoms with Gasteiger partial charge in [0, 0.05) is 177 Å². The van der Waals surface area contributed by atoms with E-state index in [1.807, 2.05) is 34.7 Å². The highest BCUT2D eigenvalue weighted by atomic mass is 16.7. The standard InChI is InChI=1S/C61H87N5O12.C19H32N2O8.C12H22O7.C7H16O4.CO2/c1-9-41(35-67)78-51(75-8)36-77-50(70)22-16-21-49(69)62-39(5)53(71)76-29-15-14-20-48(68)61(74)55-60(25-28-66-26-17-24-59(11-3,54(60)66)56(61)72)45-31-44(38(4)30-47(45)64(55)7)57(6)32-40-33-58(73,10-2)37-65(34-40)27-23-43-42-18-12-13-19-46(42)63-52(43)57;1-4-14(11-22)29-18(27-3)12-28-17(25)7-5-6-15(23)20-8-9-21-16(24)10-13(2)19(21)26;1-3-9(7-13)19-12(17-2)8-18-11(16)6-4-5-10(14)15;1-3-6(4-8)11-7(5-9)10-2;2-1-3/h12-13,17-19,24,30-31,39-41,51,54-56,63,67,72-74H,9-11,14-16,20-23,25-29,32-37H2,1-8H3,(H,62,69);13-14,18,22H,4-12H2,1-3H3,(H,20,23);9,12-13H,3-8H2,1-2H3,(H,14,15);6-9H,3-5H2,1-2H3;/t39?,40-,41?,51?,54?,55?,56+,57+,58?,59+,60?,61-;;;;/m0..../s1. The molecular weight excluding hydrogens is 1830 g/mol. The predicted octanol–water partition coefficient (Wildman–Crippen LogP) is 5.33. The number of carbonyl (C=O) groups excluding carboxylic acids is 11. The number of rotatable bonds is 53. The number of nitrogens with zero attached hydrogens (tertiary/aromatic N) is 4. The van der Waals surface area contributed by atoms with E-state index < -0.39 is 125 Å². The Labute approximate surface area is 821 Å². The summed E-state index contributed by atoms with van der Waals surface area (Å²) in [5.74, 6) is -4.76. The Morgan fingerprint density at radius 2 is 1.16 bits per heavy atom. The maximum Gasteiger partial charge on any atom is 0.373 e. The van der Waals surface area contributed by atoms with Crippen LogP contribution in [0.3, 0.4) is 0 Å². The molecule has 7 aliphatic rings. The van der Waals surface area contributed by atoms with Crippen molar-refractivity contribution in [1.82, 2.24) is 30.3 Å². The van der Waals surface area contributed by atoms with E-state index in [1.165, 1.54) is 57.6 Å². The smallest absolute Gasteiger partial charge is 0.373 e. The molecule has 3 saturated heterocycles. The molecule has 1 saturated carbocycles. The number of hydrogen-bond donors (Lipinski definition) is 12. The van der Waals surface area contributed by atoms with Gasteiger partial charge in [-0.25, -0.2) is 4.79 Å². The zero-order chi connectivity index (χ0) is 104. The lowest BCUT2D eigenvalue weighted by molar-refractivity contribution is -0.202. The van der Waals surface area contributed by atoms with Gasteiger partial charge in [-0.1, -0.05) is 84.9 Å². The summed E-state index contributed by atoms with van der Waals surface area (Å²) in [7, 11) is 7.66. The summed E-state index contributed by atoms with van der Waals surface area (Å²) >= 11 is 0. The number of carboxylic acids is 1. The average Bonchev–Trinajstić information content (AvgIpc) is 1.47. The van der Waals surface area contributed by atoms with Gasteiger partial charge in [0.05, 0.1) is 75.7 Å². The number of methoxy groups -OCH3 is 4. The zero-order valence-corrected chi connectivity index (χ0v) is 84.4. The molecular formula is C100H157N7O33. The Kier molecular flexibility index (Phi) is 50.5. The van der Waals surface area contributed by atoms with E-state index in [-0.39, 0.29) is 197 Å². The lowest BCUT2D eigenvalue weighted by atomic mass is 9.47. The number of amides is 4. The fourth-order valence-electron chi connectivity index (χ4n) is 20.3. The second-order valence-electron chi connectivity index (χ2n) is 37.2. The lowest BCUT2D eigenvalue weighted by Crippen LogP contribution is -2.80. The molecule has 2 aromatic carbocycles. The number of benzene rings is 2. The van der Waals surface area contributed by atoms with Crippen molar-refractivity contribution in [2.45, 2.75) is 313 Å². The largest absolute Gasteiger partial charge is 0.481 e. The number of aryl methyl sites for hydroxylation is 1. The van der Waals surface area contributed by atoms with Gasteiger partial charge >= 0.3 is 36.0 Å². The topological polar surface area (TPSA) is 550 Å². The van der Waals surface area contributed by atoms with Crippen molar-refractivity contribution in [3.63, 3.8) is 0 Å². The summed E-state index contributed by atoms with van der Waals surface area (Å²) in [5.41, 5.74) is 2.93. The molecule has 20 atom stereocenters. The van der Waals surface area contributed by atoms with Crippen molar-refractivity contribution in [2.24, 2.45) is 17.3 Å². The van der Waals surface area contributed by atoms with Crippen molar-refractivity contribution in [3.05, 3.63) is 76.5 Å². The molecule has 1 spiro atoms. The Hall–Kier alpha value is -8.72. The molecule has 2 bridgehead atoms. The quantitative estimate of drug-likeness (QED) is 0.00849. The third kappa shape index (κ3) is 31.9. The number of unbranched alkanes of at least 4 members (excludes halogenated alkanes) is 1. The molecule has 0 radical (unpaired) electrons. The van der Waals surface area contributed by atoms with E-state index in [4.69, 9.17) is 92.0 Å². The highest BCUT2D eigenvalue weighted by Gasteiger charge is 2.78. The maximum absolute atomic E-state index is 15.2. The third-order valence-electron chi connectivity index (χ3n) is 27.7. The van der Waals surface area contributed by atoms with Crippen molar-refractivity contribution >= 4 is 82.0 Å². The van der Waals surface area contributed by atoms with Gasteiger partial charge in [0.1, 0.15) is 32.0 Å². The minimum absolute atomic E-state index is 0.0183. The van der Waals surface area contributed by atoms with E-state index in [0.29, 0.717) is 70.9 Å². The second kappa shape index (κ2) is 58.9. The maximum atomic E-state index is 15.2. The van der Waals surface area contributed by atoms with Gasteiger partial charge in [0.25, 0.3) is 0 Å². The van der Waals surface area contributed by atoms with Crippen LogP contribution in [0.2, 0.25) is 0 Å². The molecule has 10 rings (SSSR count). The first-order valence-corrected chi connectivity index (χ1v) is 49.1. The number of Topliss-reactive ketones (excluding diaryl/α,β-unsaturated/α-hetero) is 1. The number of likely N-dealkylation sites (N-methyl/N-ethyl adjacent to an activating group) is 1. The molecule has 6 aliphatic heterocycles. The van der Waals surface area contributed by atoms with Crippen LogP contribution in [-0.2, 0) is 132 Å². The molecule has 40 nitrogen and oxygen atoms in total. The summed E-state index contributed by atoms with van der Waals surface area (Å²) in [4.78, 5) is 150. The third-order valence-corrected chi connectivity index (χ3v) is 27.7. The number of aromatic amines is 1. The predicted molar refractivity (Wildman–Crippen MR) is 508 cm³/mol.